The highest BCUT2D eigenvalue weighted by Crippen LogP contribution is 2.30. The molecule has 1 aliphatic rings. The zero-order valence-corrected chi connectivity index (χ0v) is 19.6. The predicted octanol–water partition coefficient (Wildman–Crippen LogP) is 3.69. The minimum Gasteiger partial charge on any atom is -0.493 e. The monoisotopic (exact) mass is 485 g/mol. The highest BCUT2D eigenvalue weighted by atomic mass is 16.5. The van der Waals surface area contributed by atoms with Gasteiger partial charge in [-0.05, 0) is 55.0 Å². The number of methoxy groups -OCH3 is 1. The summed E-state index contributed by atoms with van der Waals surface area (Å²) in [6.45, 7) is 1.63. The number of ether oxygens (including phenoxy) is 2. The first-order chi connectivity index (χ1) is 17.4. The Morgan fingerprint density at radius 1 is 0.972 bits per heavy atom. The number of carbonyl (C=O) groups is 4. The van der Waals surface area contributed by atoms with Crippen LogP contribution in [-0.4, -0.2) is 37.5 Å². The number of hydrogen-bond donors (Lipinski definition) is 2. The van der Waals surface area contributed by atoms with Crippen molar-refractivity contribution in [3.05, 3.63) is 89.5 Å². The van der Waals surface area contributed by atoms with E-state index in [4.69, 9.17) is 9.47 Å². The van der Waals surface area contributed by atoms with Gasteiger partial charge in [-0.15, -0.1) is 0 Å². The number of urea groups is 1. The fourth-order valence-electron chi connectivity index (χ4n) is 3.51. The highest BCUT2D eigenvalue weighted by Gasteiger charge is 2.36. The molecule has 2 N–H and O–H groups in total. The van der Waals surface area contributed by atoms with E-state index in [1.165, 1.54) is 13.2 Å². The molecule has 1 aliphatic heterocycles. The van der Waals surface area contributed by atoms with E-state index in [9.17, 15) is 19.2 Å². The number of anilines is 2. The van der Waals surface area contributed by atoms with Crippen molar-refractivity contribution < 1.29 is 28.7 Å². The number of rotatable bonds is 7. The van der Waals surface area contributed by atoms with Crippen LogP contribution >= 0.6 is 0 Å². The van der Waals surface area contributed by atoms with E-state index in [1.54, 1.807) is 66.7 Å². The molecule has 0 radical (unpaired) electrons. The van der Waals surface area contributed by atoms with E-state index in [0.717, 1.165) is 10.5 Å². The van der Waals surface area contributed by atoms with Crippen LogP contribution in [0.4, 0.5) is 16.2 Å². The third-order valence-corrected chi connectivity index (χ3v) is 5.31. The Labute approximate surface area is 207 Å². The van der Waals surface area contributed by atoms with Gasteiger partial charge in [0, 0.05) is 5.69 Å². The van der Waals surface area contributed by atoms with Crippen molar-refractivity contribution in [3.63, 3.8) is 0 Å². The molecule has 0 saturated carbocycles. The van der Waals surface area contributed by atoms with Crippen molar-refractivity contribution in [2.45, 2.75) is 6.92 Å². The molecule has 1 fully saturated rings. The van der Waals surface area contributed by atoms with Crippen LogP contribution in [0.5, 0.6) is 11.5 Å². The topological polar surface area (TPSA) is 114 Å². The SMILES string of the molecule is COc1cc(/C=C2\C(=O)NC(=O)N(c3ccc(C)cc3)C2=O)ccc1OCC(=O)Nc1ccccc1. The summed E-state index contributed by atoms with van der Waals surface area (Å²) in [5.74, 6) is -1.29. The van der Waals surface area contributed by atoms with Crippen molar-refractivity contribution >= 4 is 41.2 Å². The quantitative estimate of drug-likeness (QED) is 0.390. The molecule has 182 valence electrons. The normalized spacial score (nSPS) is 14.4. The number of nitrogens with one attached hydrogen (secondary N) is 2. The number of nitrogens with zero attached hydrogens (tertiary/aromatic N) is 1. The van der Waals surface area contributed by atoms with Gasteiger partial charge in [-0.25, -0.2) is 9.69 Å². The van der Waals surface area contributed by atoms with Crippen molar-refractivity contribution in [1.29, 1.82) is 0 Å². The number of hydrogen-bond acceptors (Lipinski definition) is 6. The van der Waals surface area contributed by atoms with Crippen LogP contribution in [0.25, 0.3) is 6.08 Å². The lowest BCUT2D eigenvalue weighted by Crippen LogP contribution is -2.54. The number of para-hydroxylation sites is 1. The third kappa shape index (κ3) is 5.41. The minimum absolute atomic E-state index is 0.215. The Morgan fingerprint density at radius 2 is 1.69 bits per heavy atom. The molecule has 9 nitrogen and oxygen atoms in total. The van der Waals surface area contributed by atoms with Gasteiger partial charge in [0.1, 0.15) is 5.57 Å². The number of carbonyl (C=O) groups excluding carboxylic acids is 4. The smallest absolute Gasteiger partial charge is 0.335 e. The number of amides is 5. The molecular weight excluding hydrogens is 462 g/mol. The number of benzene rings is 3. The Balaban J connectivity index is 1.51. The van der Waals surface area contributed by atoms with Gasteiger partial charge >= 0.3 is 6.03 Å². The van der Waals surface area contributed by atoms with Crippen LogP contribution in [-0.2, 0) is 14.4 Å². The van der Waals surface area contributed by atoms with Gasteiger partial charge in [-0.3, -0.25) is 19.7 Å². The van der Waals surface area contributed by atoms with Crippen LogP contribution in [0.2, 0.25) is 0 Å². The Bertz CT molecular complexity index is 1350. The lowest BCUT2D eigenvalue weighted by atomic mass is 10.1. The van der Waals surface area contributed by atoms with Crippen LogP contribution in [0, 0.1) is 6.92 Å². The largest absolute Gasteiger partial charge is 0.493 e. The maximum Gasteiger partial charge on any atom is 0.335 e. The first-order valence-corrected chi connectivity index (χ1v) is 11.0. The highest BCUT2D eigenvalue weighted by molar-refractivity contribution is 6.39. The Hall–Kier alpha value is -4.92. The number of barbiturate groups is 1. The van der Waals surface area contributed by atoms with Gasteiger partial charge in [0.25, 0.3) is 17.7 Å². The van der Waals surface area contributed by atoms with Gasteiger partial charge in [-0.2, -0.15) is 0 Å². The second kappa shape index (κ2) is 10.6. The van der Waals surface area contributed by atoms with Crippen LogP contribution < -0.4 is 25.0 Å². The molecule has 5 amide bonds. The molecule has 0 atom stereocenters. The zero-order valence-electron chi connectivity index (χ0n) is 19.6. The first kappa shape index (κ1) is 24.2. The van der Waals surface area contributed by atoms with Crippen LogP contribution in [0.15, 0.2) is 78.4 Å². The fraction of sp³-hybridized carbons (Fsp3) is 0.111. The second-order valence-corrected chi connectivity index (χ2v) is 7.91. The molecule has 1 saturated heterocycles. The average Bonchev–Trinajstić information content (AvgIpc) is 2.87. The standard InChI is InChI=1S/C27H23N3O6/c1-17-8-11-20(12-9-17)30-26(33)21(25(32)29-27(30)34)14-18-10-13-22(23(15-18)35-2)36-16-24(31)28-19-6-4-3-5-7-19/h3-15H,16H2,1-2H3,(H,28,31)(H,29,32,34)/b21-14+. The number of aryl methyl sites for hydroxylation is 1. The summed E-state index contributed by atoms with van der Waals surface area (Å²) in [4.78, 5) is 51.0. The molecule has 0 aromatic heterocycles. The van der Waals surface area contributed by atoms with Crippen molar-refractivity contribution in [2.75, 3.05) is 23.9 Å². The molecule has 0 unspecified atom stereocenters. The Kier molecular flexibility index (Phi) is 7.10. The van der Waals surface area contributed by atoms with E-state index < -0.39 is 17.8 Å². The maximum absolute atomic E-state index is 13.1. The van der Waals surface area contributed by atoms with Gasteiger partial charge < -0.3 is 14.8 Å². The van der Waals surface area contributed by atoms with Crippen molar-refractivity contribution in [3.8, 4) is 11.5 Å². The summed E-state index contributed by atoms with van der Waals surface area (Å²) >= 11 is 0. The summed E-state index contributed by atoms with van der Waals surface area (Å²) in [5, 5.41) is 4.92. The summed E-state index contributed by atoms with van der Waals surface area (Å²) in [7, 11) is 1.43. The lowest BCUT2D eigenvalue weighted by Gasteiger charge is -2.26. The van der Waals surface area contributed by atoms with Crippen LogP contribution in [0.3, 0.4) is 0 Å². The molecular formula is C27H23N3O6. The first-order valence-electron chi connectivity index (χ1n) is 11.0. The van der Waals surface area contributed by atoms with Crippen LogP contribution in [0.1, 0.15) is 11.1 Å². The molecule has 36 heavy (non-hydrogen) atoms. The molecule has 3 aromatic carbocycles. The third-order valence-electron chi connectivity index (χ3n) is 5.31. The Morgan fingerprint density at radius 3 is 2.39 bits per heavy atom. The molecule has 1 heterocycles. The summed E-state index contributed by atoms with van der Waals surface area (Å²) < 4.78 is 11.0. The van der Waals surface area contributed by atoms with E-state index in [1.807, 2.05) is 13.0 Å². The van der Waals surface area contributed by atoms with E-state index in [2.05, 4.69) is 10.6 Å². The summed E-state index contributed by atoms with van der Waals surface area (Å²) in [5.41, 5.74) is 2.20. The van der Waals surface area contributed by atoms with E-state index >= 15 is 0 Å². The van der Waals surface area contributed by atoms with Crippen molar-refractivity contribution in [1.82, 2.24) is 5.32 Å². The lowest BCUT2D eigenvalue weighted by molar-refractivity contribution is -0.122. The molecule has 3 aromatic rings. The van der Waals surface area contributed by atoms with Gasteiger partial charge in [0.05, 0.1) is 12.8 Å². The fourth-order valence-corrected chi connectivity index (χ4v) is 3.51. The zero-order chi connectivity index (χ0) is 25.7. The molecule has 0 aliphatic carbocycles. The minimum atomic E-state index is -0.818. The molecule has 0 bridgehead atoms. The molecule has 0 spiro atoms. The average molecular weight is 485 g/mol. The summed E-state index contributed by atoms with van der Waals surface area (Å²) in [6, 6.07) is 19.7. The molecule has 9 heteroatoms. The van der Waals surface area contributed by atoms with E-state index in [-0.39, 0.29) is 18.1 Å². The molecule has 4 rings (SSSR count). The van der Waals surface area contributed by atoms with Crippen molar-refractivity contribution in [2.24, 2.45) is 0 Å². The number of imide groups is 2. The van der Waals surface area contributed by atoms with Gasteiger partial charge in [0.15, 0.2) is 18.1 Å². The second-order valence-electron chi connectivity index (χ2n) is 7.91. The van der Waals surface area contributed by atoms with E-state index in [0.29, 0.717) is 28.4 Å². The van der Waals surface area contributed by atoms with Gasteiger partial charge in [0.2, 0.25) is 0 Å². The van der Waals surface area contributed by atoms with Gasteiger partial charge in [-0.1, -0.05) is 42.0 Å². The predicted molar refractivity (Wildman–Crippen MR) is 134 cm³/mol. The maximum atomic E-state index is 13.1. The summed E-state index contributed by atoms with van der Waals surface area (Å²) in [6.07, 6.45) is 1.36.